The van der Waals surface area contributed by atoms with Gasteiger partial charge in [0.15, 0.2) is 18.2 Å². The minimum Gasteiger partial charge on any atom is -0.490 e. The number of hydrogen-bond donors (Lipinski definition) is 1. The van der Waals surface area contributed by atoms with Crippen molar-refractivity contribution in [3.05, 3.63) is 47.6 Å². The molecule has 2 aromatic rings. The minimum absolute atomic E-state index is 0.121. The van der Waals surface area contributed by atoms with E-state index >= 15 is 0 Å². The lowest BCUT2D eigenvalue weighted by atomic mass is 10.3. The Bertz CT molecular complexity index is 602. The van der Waals surface area contributed by atoms with Gasteiger partial charge < -0.3 is 14.8 Å². The fourth-order valence-corrected chi connectivity index (χ4v) is 1.73. The number of pyridine rings is 1. The fraction of sp³-hybridized carbons (Fsp3) is 0.200. The van der Waals surface area contributed by atoms with Gasteiger partial charge in [0, 0.05) is 11.2 Å². The van der Waals surface area contributed by atoms with Gasteiger partial charge in [-0.2, -0.15) is 0 Å². The Morgan fingerprint density at radius 1 is 1.24 bits per heavy atom. The van der Waals surface area contributed by atoms with Crippen LogP contribution in [0.4, 0.5) is 5.82 Å². The van der Waals surface area contributed by atoms with Gasteiger partial charge in [-0.05, 0) is 43.3 Å². The average Bonchev–Trinajstić information content (AvgIpc) is 2.49. The zero-order valence-electron chi connectivity index (χ0n) is 11.5. The predicted molar refractivity (Wildman–Crippen MR) is 81.0 cm³/mol. The van der Waals surface area contributed by atoms with Crippen LogP contribution in [0.25, 0.3) is 0 Å². The molecule has 5 nitrogen and oxygen atoms in total. The van der Waals surface area contributed by atoms with E-state index in [-0.39, 0.29) is 12.5 Å². The molecule has 2 rings (SSSR count). The summed E-state index contributed by atoms with van der Waals surface area (Å²) in [4.78, 5) is 15.9. The highest BCUT2D eigenvalue weighted by atomic mass is 35.5. The first-order valence-electron chi connectivity index (χ1n) is 6.45. The number of carbonyl (C=O) groups excluding carboxylic acids is 1. The largest absolute Gasteiger partial charge is 0.490 e. The third-order valence-electron chi connectivity index (χ3n) is 2.51. The molecule has 21 heavy (non-hydrogen) atoms. The smallest absolute Gasteiger partial charge is 0.263 e. The lowest BCUT2D eigenvalue weighted by molar-refractivity contribution is -0.118. The number of aromatic nitrogens is 1. The van der Waals surface area contributed by atoms with Crippen molar-refractivity contribution in [3.8, 4) is 11.5 Å². The highest BCUT2D eigenvalue weighted by molar-refractivity contribution is 6.30. The molecule has 0 saturated heterocycles. The molecule has 0 saturated carbocycles. The van der Waals surface area contributed by atoms with Crippen molar-refractivity contribution in [1.82, 2.24) is 4.98 Å². The summed E-state index contributed by atoms with van der Waals surface area (Å²) in [5.41, 5.74) is 0. The number of amides is 1. The second-order valence-electron chi connectivity index (χ2n) is 4.07. The summed E-state index contributed by atoms with van der Waals surface area (Å²) in [5, 5.41) is 3.26. The Morgan fingerprint density at radius 2 is 2.00 bits per heavy atom. The molecule has 0 aliphatic carbocycles. The van der Waals surface area contributed by atoms with E-state index in [1.807, 2.05) is 6.92 Å². The van der Waals surface area contributed by atoms with Crippen molar-refractivity contribution in [2.45, 2.75) is 6.92 Å². The summed E-state index contributed by atoms with van der Waals surface area (Å²) in [6.07, 6.45) is 1.58. The van der Waals surface area contributed by atoms with Crippen LogP contribution in [0.1, 0.15) is 6.92 Å². The molecule has 0 spiro atoms. The van der Waals surface area contributed by atoms with Crippen LogP contribution in [0.15, 0.2) is 42.6 Å². The number of rotatable bonds is 6. The van der Waals surface area contributed by atoms with Crippen LogP contribution in [-0.4, -0.2) is 24.1 Å². The van der Waals surface area contributed by atoms with E-state index in [1.165, 1.54) is 0 Å². The molecule has 0 radical (unpaired) electrons. The van der Waals surface area contributed by atoms with Gasteiger partial charge in [0.05, 0.1) is 6.61 Å². The molecular weight excluding hydrogens is 292 g/mol. The highest BCUT2D eigenvalue weighted by Crippen LogP contribution is 2.20. The van der Waals surface area contributed by atoms with E-state index in [4.69, 9.17) is 21.1 Å². The Hall–Kier alpha value is -2.27. The van der Waals surface area contributed by atoms with Gasteiger partial charge in [0.25, 0.3) is 5.91 Å². The normalized spacial score (nSPS) is 10.0. The second kappa shape index (κ2) is 7.50. The maximum atomic E-state index is 11.9. The van der Waals surface area contributed by atoms with Crippen LogP contribution in [0, 0.1) is 0 Å². The summed E-state index contributed by atoms with van der Waals surface area (Å²) in [7, 11) is 0. The molecule has 0 atom stereocenters. The first-order valence-corrected chi connectivity index (χ1v) is 6.83. The number of nitrogens with one attached hydrogen (secondary N) is 1. The van der Waals surface area contributed by atoms with Crippen molar-refractivity contribution in [2.75, 3.05) is 18.5 Å². The van der Waals surface area contributed by atoms with Crippen LogP contribution in [0.2, 0.25) is 5.02 Å². The number of carbonyl (C=O) groups is 1. The summed E-state index contributed by atoms with van der Waals surface area (Å²) < 4.78 is 10.7. The molecule has 1 heterocycles. The van der Waals surface area contributed by atoms with Gasteiger partial charge in [-0.1, -0.05) is 11.6 Å². The van der Waals surface area contributed by atoms with Gasteiger partial charge in [0.1, 0.15) is 5.75 Å². The van der Waals surface area contributed by atoms with Gasteiger partial charge in [-0.15, -0.1) is 0 Å². The molecule has 110 valence electrons. The number of anilines is 1. The zero-order valence-corrected chi connectivity index (χ0v) is 12.3. The Morgan fingerprint density at radius 3 is 2.71 bits per heavy atom. The molecule has 0 fully saturated rings. The average molecular weight is 307 g/mol. The van der Waals surface area contributed by atoms with Crippen molar-refractivity contribution in [3.63, 3.8) is 0 Å². The molecule has 0 aliphatic heterocycles. The molecule has 1 aromatic heterocycles. The number of halogens is 1. The Kier molecular flexibility index (Phi) is 5.40. The lowest BCUT2D eigenvalue weighted by Crippen LogP contribution is -2.21. The summed E-state index contributed by atoms with van der Waals surface area (Å²) >= 11 is 5.77. The quantitative estimate of drug-likeness (QED) is 0.890. The monoisotopic (exact) mass is 306 g/mol. The molecule has 1 aromatic carbocycles. The van der Waals surface area contributed by atoms with Crippen LogP contribution < -0.4 is 14.8 Å². The van der Waals surface area contributed by atoms with E-state index < -0.39 is 0 Å². The standard InChI is InChI=1S/C15H15ClN2O3/c1-2-20-13-4-3-9-17-15(13)18-14(19)10-21-12-7-5-11(16)6-8-12/h3-9H,2,10H2,1H3,(H,17,18,19). The van der Waals surface area contributed by atoms with Gasteiger partial charge >= 0.3 is 0 Å². The lowest BCUT2D eigenvalue weighted by Gasteiger charge is -2.10. The summed E-state index contributed by atoms with van der Waals surface area (Å²) in [5.74, 6) is 1.16. The SMILES string of the molecule is CCOc1cccnc1NC(=O)COc1ccc(Cl)cc1. The van der Waals surface area contributed by atoms with Crippen molar-refractivity contribution in [2.24, 2.45) is 0 Å². The molecule has 6 heteroatoms. The number of nitrogens with zero attached hydrogens (tertiary/aromatic N) is 1. The highest BCUT2D eigenvalue weighted by Gasteiger charge is 2.09. The maximum Gasteiger partial charge on any atom is 0.263 e. The zero-order chi connectivity index (χ0) is 15.1. The van der Waals surface area contributed by atoms with Crippen LogP contribution >= 0.6 is 11.6 Å². The van der Waals surface area contributed by atoms with Crippen molar-refractivity contribution < 1.29 is 14.3 Å². The van der Waals surface area contributed by atoms with Gasteiger partial charge in [-0.3, -0.25) is 4.79 Å². The van der Waals surface area contributed by atoms with Gasteiger partial charge in [0.2, 0.25) is 0 Å². The summed E-state index contributed by atoms with van der Waals surface area (Å²) in [6.45, 7) is 2.24. The Balaban J connectivity index is 1.91. The topological polar surface area (TPSA) is 60.5 Å². The first-order chi connectivity index (χ1) is 10.2. The molecule has 0 unspecified atom stereocenters. The van der Waals surface area contributed by atoms with Crippen molar-refractivity contribution >= 4 is 23.3 Å². The second-order valence-corrected chi connectivity index (χ2v) is 4.51. The van der Waals surface area contributed by atoms with Crippen LogP contribution in [-0.2, 0) is 4.79 Å². The van der Waals surface area contributed by atoms with Gasteiger partial charge in [-0.25, -0.2) is 4.98 Å². The number of benzene rings is 1. The number of ether oxygens (including phenoxy) is 2. The Labute approximate surface area is 127 Å². The fourth-order valence-electron chi connectivity index (χ4n) is 1.60. The van der Waals surface area contributed by atoms with Crippen LogP contribution in [0.3, 0.4) is 0 Å². The van der Waals surface area contributed by atoms with E-state index in [1.54, 1.807) is 42.6 Å². The number of hydrogen-bond acceptors (Lipinski definition) is 4. The summed E-state index contributed by atoms with van der Waals surface area (Å²) in [6, 6.07) is 10.3. The third-order valence-corrected chi connectivity index (χ3v) is 2.76. The third kappa shape index (κ3) is 4.65. The minimum atomic E-state index is -0.315. The predicted octanol–water partition coefficient (Wildman–Crippen LogP) is 3.15. The molecule has 0 aliphatic rings. The van der Waals surface area contributed by atoms with E-state index in [9.17, 15) is 4.79 Å². The van der Waals surface area contributed by atoms with Crippen molar-refractivity contribution in [1.29, 1.82) is 0 Å². The maximum absolute atomic E-state index is 11.9. The molecular formula is C15H15ClN2O3. The van der Waals surface area contributed by atoms with E-state index in [0.717, 1.165) is 0 Å². The van der Waals surface area contributed by atoms with Crippen LogP contribution in [0.5, 0.6) is 11.5 Å². The molecule has 0 bridgehead atoms. The first kappa shape index (κ1) is 15.1. The van der Waals surface area contributed by atoms with E-state index in [0.29, 0.717) is 28.9 Å². The van der Waals surface area contributed by atoms with E-state index in [2.05, 4.69) is 10.3 Å². The molecule has 1 N–H and O–H groups in total. The molecule has 1 amide bonds.